The Balaban J connectivity index is 1.32. The molecule has 192 valence electrons. The number of nitrogens with one attached hydrogen (secondary N) is 2. The van der Waals surface area contributed by atoms with Crippen molar-refractivity contribution in [2.24, 2.45) is 23.2 Å². The van der Waals surface area contributed by atoms with Crippen LogP contribution in [0.15, 0.2) is 29.2 Å². The number of rotatable bonds is 8. The lowest BCUT2D eigenvalue weighted by molar-refractivity contribution is -0.161. The van der Waals surface area contributed by atoms with Gasteiger partial charge in [-0.1, -0.05) is 23.7 Å². The average molecular weight is 522 g/mol. The molecule has 5 saturated carbocycles. The molecule has 1 aromatic rings. The van der Waals surface area contributed by atoms with E-state index in [0.29, 0.717) is 18.8 Å². The van der Waals surface area contributed by atoms with E-state index in [4.69, 9.17) is 11.6 Å². The molecule has 1 aromatic carbocycles. The number of carbonyl (C=O) groups is 2. The molecule has 4 bridgehead atoms. The summed E-state index contributed by atoms with van der Waals surface area (Å²) in [4.78, 5) is 29.0. The number of hydrogen-bond acceptors (Lipinski definition) is 4. The normalized spacial score (nSPS) is 32.7. The fourth-order valence-corrected chi connectivity index (χ4v) is 9.48. The molecular weight excluding hydrogens is 486 g/mol. The van der Waals surface area contributed by atoms with E-state index in [9.17, 15) is 18.0 Å². The topological polar surface area (TPSA) is 95.6 Å². The van der Waals surface area contributed by atoms with Crippen molar-refractivity contribution in [3.63, 3.8) is 0 Å². The van der Waals surface area contributed by atoms with Crippen LogP contribution in [0.5, 0.6) is 0 Å². The summed E-state index contributed by atoms with van der Waals surface area (Å²) in [5.74, 6) is 1.12. The van der Waals surface area contributed by atoms with Gasteiger partial charge in [-0.15, -0.1) is 0 Å². The van der Waals surface area contributed by atoms with Gasteiger partial charge in [0.1, 0.15) is 10.4 Å². The molecular formula is C26H36ClN3O4S. The summed E-state index contributed by atoms with van der Waals surface area (Å²) in [6.45, 7) is 5.52. The average Bonchev–Trinajstić information content (AvgIpc) is 2.79. The van der Waals surface area contributed by atoms with Crippen LogP contribution in [0.25, 0.3) is 0 Å². The Hall–Kier alpha value is -1.64. The number of carbonyl (C=O) groups excluding carboxylic acids is 2. The van der Waals surface area contributed by atoms with Gasteiger partial charge in [-0.25, -0.2) is 8.42 Å². The molecule has 0 aliphatic heterocycles. The van der Waals surface area contributed by atoms with Crippen molar-refractivity contribution < 1.29 is 18.0 Å². The highest BCUT2D eigenvalue weighted by molar-refractivity contribution is 7.89. The van der Waals surface area contributed by atoms with Crippen LogP contribution in [0.4, 0.5) is 0 Å². The fraction of sp³-hybridized carbons (Fsp3) is 0.692. The summed E-state index contributed by atoms with van der Waals surface area (Å²) in [6, 6.07) is 6.29. The van der Waals surface area contributed by atoms with Crippen molar-refractivity contribution in [1.82, 2.24) is 14.9 Å². The maximum Gasteiger partial charge on any atom is 0.243 e. The second-order valence-corrected chi connectivity index (χ2v) is 13.3. The number of amides is 2. The van der Waals surface area contributed by atoms with Crippen LogP contribution in [0, 0.1) is 23.2 Å². The molecule has 0 saturated heterocycles. The lowest BCUT2D eigenvalue weighted by Gasteiger charge is -2.60. The summed E-state index contributed by atoms with van der Waals surface area (Å²) in [5.41, 5.74) is -1.43. The first-order chi connectivity index (χ1) is 16.6. The zero-order chi connectivity index (χ0) is 25.0. The lowest BCUT2D eigenvalue weighted by atomic mass is 9.47. The summed E-state index contributed by atoms with van der Waals surface area (Å²) < 4.78 is 29.0. The predicted octanol–water partition coefficient (Wildman–Crippen LogP) is 3.72. The smallest absolute Gasteiger partial charge is 0.243 e. The zero-order valence-electron chi connectivity index (χ0n) is 20.6. The number of hydrogen-bond donors (Lipinski definition) is 2. The van der Waals surface area contributed by atoms with Crippen molar-refractivity contribution in [2.75, 3.05) is 13.1 Å². The highest BCUT2D eigenvalue weighted by atomic mass is 35.5. The van der Waals surface area contributed by atoms with Gasteiger partial charge in [-0.2, -0.15) is 4.72 Å². The van der Waals surface area contributed by atoms with Crippen LogP contribution in [-0.4, -0.2) is 49.8 Å². The molecule has 0 aromatic heterocycles. The van der Waals surface area contributed by atoms with Crippen molar-refractivity contribution >= 4 is 33.4 Å². The van der Waals surface area contributed by atoms with E-state index in [2.05, 4.69) is 10.0 Å². The third-order valence-electron chi connectivity index (χ3n) is 9.17. The quantitative estimate of drug-likeness (QED) is 0.545. The third-order valence-corrected chi connectivity index (χ3v) is 11.2. The van der Waals surface area contributed by atoms with Gasteiger partial charge in [0.2, 0.25) is 21.8 Å². The molecule has 7 nitrogen and oxygen atoms in total. The number of sulfonamides is 1. The van der Waals surface area contributed by atoms with Crippen molar-refractivity contribution in [3.05, 3.63) is 29.3 Å². The van der Waals surface area contributed by atoms with E-state index in [-0.39, 0.29) is 45.0 Å². The standard InChI is InChI=1S/C26H36ClN3O4S/c1-3-30(4-2)24(32)25-14-17-12-18(15-25)22(19(13-17)16-25)28-23(31)26(10-7-11-26)29-35(33,34)21-9-6-5-8-20(21)27/h5-6,8-9,17-19,22,29H,3-4,7,10-16H2,1-2H3,(H,28,31). The summed E-state index contributed by atoms with van der Waals surface area (Å²) in [5, 5.41) is 3.42. The molecule has 35 heavy (non-hydrogen) atoms. The molecule has 5 aliphatic rings. The monoisotopic (exact) mass is 521 g/mol. The number of nitrogens with zero attached hydrogens (tertiary/aromatic N) is 1. The van der Waals surface area contributed by atoms with E-state index in [1.807, 2.05) is 18.7 Å². The van der Waals surface area contributed by atoms with Crippen LogP contribution in [-0.2, 0) is 19.6 Å². The van der Waals surface area contributed by atoms with E-state index >= 15 is 0 Å². The highest BCUT2D eigenvalue weighted by Crippen LogP contribution is 2.60. The first kappa shape index (κ1) is 25.0. The summed E-state index contributed by atoms with van der Waals surface area (Å²) in [7, 11) is -3.95. The summed E-state index contributed by atoms with van der Waals surface area (Å²) in [6.07, 6.45) is 6.41. The van der Waals surface area contributed by atoms with E-state index < -0.39 is 15.6 Å². The maximum atomic E-state index is 13.6. The highest BCUT2D eigenvalue weighted by Gasteiger charge is 2.60. The minimum atomic E-state index is -3.95. The Morgan fingerprint density at radius 3 is 2.23 bits per heavy atom. The predicted molar refractivity (Wildman–Crippen MR) is 134 cm³/mol. The Bertz CT molecular complexity index is 1100. The van der Waals surface area contributed by atoms with E-state index in [1.54, 1.807) is 12.1 Å². The van der Waals surface area contributed by atoms with Gasteiger partial charge in [0, 0.05) is 19.1 Å². The SMILES string of the molecule is CCN(CC)C(=O)C12CC3CC(C1)C(NC(=O)C1(NS(=O)(=O)c4ccccc4Cl)CCC1)C(C3)C2. The van der Waals surface area contributed by atoms with Crippen molar-refractivity contribution in [3.8, 4) is 0 Å². The van der Waals surface area contributed by atoms with Gasteiger partial charge < -0.3 is 10.2 Å². The van der Waals surface area contributed by atoms with Gasteiger partial charge >= 0.3 is 0 Å². The van der Waals surface area contributed by atoms with E-state index in [1.165, 1.54) is 12.1 Å². The second kappa shape index (κ2) is 9.03. The Labute approximate surface area is 213 Å². The number of benzene rings is 1. The molecule has 2 N–H and O–H groups in total. The van der Waals surface area contributed by atoms with Crippen LogP contribution < -0.4 is 10.0 Å². The van der Waals surface area contributed by atoms with Crippen LogP contribution in [0.1, 0.15) is 65.2 Å². The van der Waals surface area contributed by atoms with Gasteiger partial charge in [-0.05, 0) is 95.1 Å². The van der Waals surface area contributed by atoms with Crippen molar-refractivity contribution in [2.45, 2.75) is 81.7 Å². The Kier molecular flexibility index (Phi) is 6.46. The minimum absolute atomic E-state index is 0.000953. The first-order valence-corrected chi connectivity index (χ1v) is 14.9. The van der Waals surface area contributed by atoms with Gasteiger partial charge in [0.15, 0.2) is 0 Å². The fourth-order valence-electron chi connectivity index (χ4n) is 7.54. The first-order valence-electron chi connectivity index (χ1n) is 13.0. The van der Waals surface area contributed by atoms with E-state index in [0.717, 1.165) is 51.6 Å². The lowest BCUT2D eigenvalue weighted by Crippen LogP contribution is -2.68. The largest absolute Gasteiger partial charge is 0.351 e. The number of halogens is 1. The molecule has 0 radical (unpaired) electrons. The van der Waals surface area contributed by atoms with Crippen LogP contribution in [0.2, 0.25) is 5.02 Å². The molecule has 5 aliphatic carbocycles. The molecule has 9 heteroatoms. The maximum absolute atomic E-state index is 13.6. The molecule has 0 heterocycles. The van der Waals surface area contributed by atoms with Gasteiger partial charge in [0.25, 0.3) is 0 Å². The Morgan fingerprint density at radius 2 is 1.69 bits per heavy atom. The van der Waals surface area contributed by atoms with Crippen LogP contribution >= 0.6 is 11.6 Å². The minimum Gasteiger partial charge on any atom is -0.351 e. The Morgan fingerprint density at radius 1 is 1.06 bits per heavy atom. The molecule has 2 atom stereocenters. The molecule has 5 fully saturated rings. The molecule has 0 spiro atoms. The molecule has 2 unspecified atom stereocenters. The van der Waals surface area contributed by atoms with Crippen LogP contribution in [0.3, 0.4) is 0 Å². The zero-order valence-corrected chi connectivity index (χ0v) is 22.1. The summed E-state index contributed by atoms with van der Waals surface area (Å²) >= 11 is 6.15. The molecule has 2 amide bonds. The third kappa shape index (κ3) is 4.19. The van der Waals surface area contributed by atoms with Gasteiger partial charge in [0.05, 0.1) is 10.4 Å². The second-order valence-electron chi connectivity index (χ2n) is 11.2. The van der Waals surface area contributed by atoms with Gasteiger partial charge in [-0.3, -0.25) is 9.59 Å². The molecule has 6 rings (SSSR count). The van der Waals surface area contributed by atoms with Crippen molar-refractivity contribution in [1.29, 1.82) is 0 Å².